The molecule has 0 bridgehead atoms. The summed E-state index contributed by atoms with van der Waals surface area (Å²) >= 11 is 2.08. The number of aliphatic hydroxyl groups is 1. The smallest absolute Gasteiger partial charge is 0.0611 e. The molecule has 0 radical (unpaired) electrons. The Morgan fingerprint density at radius 3 is 2.64 bits per heavy atom. The van der Waals surface area contributed by atoms with Gasteiger partial charge in [0.15, 0.2) is 0 Å². The normalized spacial score (nSPS) is 44.4. The highest BCUT2D eigenvalue weighted by atomic mass is 32.2. The number of rotatable bonds is 2. The molecule has 2 saturated carbocycles. The van der Waals surface area contributed by atoms with Gasteiger partial charge in [-0.15, -0.1) is 11.8 Å². The van der Waals surface area contributed by atoms with Gasteiger partial charge in [-0.1, -0.05) is 38.0 Å². The van der Waals surface area contributed by atoms with Gasteiger partial charge in [-0.2, -0.15) is 0 Å². The fraction of sp³-hybridized carbons (Fsp3) is 0.684. The molecular formula is C19H27NOS. The lowest BCUT2D eigenvalue weighted by Gasteiger charge is -2.52. The largest absolute Gasteiger partial charge is 0.392 e. The van der Waals surface area contributed by atoms with Crippen LogP contribution in [0.15, 0.2) is 35.2 Å². The standard InChI is InChI=1S/C19H27NOS/c1-14-13-20-17-18(10-5-9-16(18)21)11-6-12-19(14,17)22-15-7-3-2-4-8-15/h2-4,7-8,14,16-17,20-21H,5-6,9-13H2,1H3/t14-,16+,17-,18+,19+/m1/s1. The van der Waals surface area contributed by atoms with Crippen molar-refractivity contribution in [1.29, 1.82) is 0 Å². The van der Waals surface area contributed by atoms with Crippen LogP contribution in [0.3, 0.4) is 0 Å². The molecule has 120 valence electrons. The van der Waals surface area contributed by atoms with Gasteiger partial charge in [0, 0.05) is 21.1 Å². The molecule has 1 spiro atoms. The summed E-state index contributed by atoms with van der Waals surface area (Å²) in [7, 11) is 0. The minimum Gasteiger partial charge on any atom is -0.392 e. The molecule has 4 rings (SSSR count). The van der Waals surface area contributed by atoms with Crippen molar-refractivity contribution in [3.8, 4) is 0 Å². The van der Waals surface area contributed by atoms with Crippen LogP contribution in [0.25, 0.3) is 0 Å². The third kappa shape index (κ3) is 2.09. The number of fused-ring (bicyclic) bond motifs is 2. The average molecular weight is 317 g/mol. The van der Waals surface area contributed by atoms with Crippen molar-refractivity contribution in [3.63, 3.8) is 0 Å². The first-order chi connectivity index (χ1) is 10.7. The minimum atomic E-state index is -0.105. The Bertz CT molecular complexity index is 535. The van der Waals surface area contributed by atoms with Crippen molar-refractivity contribution >= 4 is 11.8 Å². The molecule has 2 nitrogen and oxygen atoms in total. The Morgan fingerprint density at radius 1 is 1.14 bits per heavy atom. The Morgan fingerprint density at radius 2 is 1.91 bits per heavy atom. The number of hydrogen-bond acceptors (Lipinski definition) is 3. The zero-order chi connectivity index (χ0) is 15.2. The van der Waals surface area contributed by atoms with Gasteiger partial charge in [-0.05, 0) is 50.3 Å². The van der Waals surface area contributed by atoms with Crippen LogP contribution >= 0.6 is 11.8 Å². The van der Waals surface area contributed by atoms with Crippen LogP contribution in [0.1, 0.15) is 45.4 Å². The third-order valence-corrected chi connectivity index (χ3v) is 8.30. The second kappa shape index (κ2) is 5.54. The summed E-state index contributed by atoms with van der Waals surface area (Å²) in [4.78, 5) is 1.38. The molecule has 1 heterocycles. The second-order valence-electron chi connectivity index (χ2n) is 7.61. The van der Waals surface area contributed by atoms with E-state index in [-0.39, 0.29) is 16.3 Å². The van der Waals surface area contributed by atoms with E-state index in [9.17, 15) is 5.11 Å². The highest BCUT2D eigenvalue weighted by Gasteiger charge is 2.62. The maximum absolute atomic E-state index is 10.8. The summed E-state index contributed by atoms with van der Waals surface area (Å²) in [5.74, 6) is 0.660. The number of thioether (sulfide) groups is 1. The summed E-state index contributed by atoms with van der Waals surface area (Å²) in [6.45, 7) is 3.50. The van der Waals surface area contributed by atoms with Gasteiger partial charge in [0.1, 0.15) is 0 Å². The van der Waals surface area contributed by atoms with E-state index >= 15 is 0 Å². The minimum absolute atomic E-state index is 0.105. The van der Waals surface area contributed by atoms with E-state index in [1.54, 1.807) is 0 Å². The van der Waals surface area contributed by atoms with Crippen LogP contribution < -0.4 is 5.32 Å². The van der Waals surface area contributed by atoms with Crippen molar-refractivity contribution in [3.05, 3.63) is 30.3 Å². The molecule has 2 N–H and O–H groups in total. The maximum atomic E-state index is 10.8. The Balaban J connectivity index is 1.71. The number of aliphatic hydroxyl groups excluding tert-OH is 1. The lowest BCUT2D eigenvalue weighted by atomic mass is 9.62. The van der Waals surface area contributed by atoms with Crippen molar-refractivity contribution in [1.82, 2.24) is 5.32 Å². The van der Waals surface area contributed by atoms with Gasteiger partial charge in [0.2, 0.25) is 0 Å². The molecule has 1 aromatic rings. The molecule has 0 aromatic heterocycles. The summed E-state index contributed by atoms with van der Waals surface area (Å²) in [5.41, 5.74) is 0.130. The van der Waals surface area contributed by atoms with E-state index in [1.807, 2.05) is 0 Å². The predicted octanol–water partition coefficient (Wildman–Crippen LogP) is 3.84. The zero-order valence-corrected chi connectivity index (χ0v) is 14.2. The Hall–Kier alpha value is -0.510. The number of hydrogen-bond donors (Lipinski definition) is 2. The summed E-state index contributed by atoms with van der Waals surface area (Å²) in [5, 5.41) is 14.6. The molecule has 2 aliphatic carbocycles. The quantitative estimate of drug-likeness (QED) is 0.869. The van der Waals surface area contributed by atoms with E-state index in [1.165, 1.54) is 37.0 Å². The monoisotopic (exact) mass is 317 g/mol. The number of nitrogens with one attached hydrogen (secondary N) is 1. The fourth-order valence-electron chi connectivity index (χ4n) is 5.47. The van der Waals surface area contributed by atoms with E-state index < -0.39 is 0 Å². The van der Waals surface area contributed by atoms with Crippen LogP contribution in [-0.4, -0.2) is 28.5 Å². The fourth-order valence-corrected chi connectivity index (χ4v) is 7.17. The van der Waals surface area contributed by atoms with Crippen molar-refractivity contribution < 1.29 is 5.11 Å². The van der Waals surface area contributed by atoms with Gasteiger partial charge in [0.05, 0.1) is 6.10 Å². The molecule has 1 saturated heterocycles. The molecule has 3 heteroatoms. The summed E-state index contributed by atoms with van der Waals surface area (Å²) in [6, 6.07) is 11.3. The lowest BCUT2D eigenvalue weighted by molar-refractivity contribution is -0.00869. The predicted molar refractivity (Wildman–Crippen MR) is 92.1 cm³/mol. The van der Waals surface area contributed by atoms with Gasteiger partial charge in [-0.3, -0.25) is 0 Å². The highest BCUT2D eigenvalue weighted by molar-refractivity contribution is 8.00. The molecule has 22 heavy (non-hydrogen) atoms. The van der Waals surface area contributed by atoms with Crippen LogP contribution in [0.5, 0.6) is 0 Å². The molecule has 1 aromatic carbocycles. The Kier molecular flexibility index (Phi) is 3.79. The van der Waals surface area contributed by atoms with Crippen molar-refractivity contribution in [2.45, 2.75) is 67.2 Å². The number of benzene rings is 1. The zero-order valence-electron chi connectivity index (χ0n) is 13.4. The average Bonchev–Trinajstić information content (AvgIpc) is 3.04. The lowest BCUT2D eigenvalue weighted by Crippen LogP contribution is -2.59. The first-order valence-electron chi connectivity index (χ1n) is 8.83. The third-order valence-electron chi connectivity index (χ3n) is 6.57. The molecule has 0 unspecified atom stereocenters. The summed E-state index contributed by atoms with van der Waals surface area (Å²) < 4.78 is 0.255. The molecule has 3 aliphatic rings. The van der Waals surface area contributed by atoms with E-state index in [0.29, 0.717) is 12.0 Å². The topological polar surface area (TPSA) is 32.3 Å². The van der Waals surface area contributed by atoms with Crippen molar-refractivity contribution in [2.75, 3.05) is 6.54 Å². The van der Waals surface area contributed by atoms with Gasteiger partial charge < -0.3 is 10.4 Å². The van der Waals surface area contributed by atoms with Crippen LogP contribution in [-0.2, 0) is 0 Å². The van der Waals surface area contributed by atoms with Crippen LogP contribution in [0.4, 0.5) is 0 Å². The van der Waals surface area contributed by atoms with E-state index in [4.69, 9.17) is 0 Å². The van der Waals surface area contributed by atoms with Gasteiger partial charge in [0.25, 0.3) is 0 Å². The molecule has 3 fully saturated rings. The van der Waals surface area contributed by atoms with Crippen LogP contribution in [0, 0.1) is 11.3 Å². The van der Waals surface area contributed by atoms with E-state index in [2.05, 4.69) is 54.3 Å². The molecule has 0 amide bonds. The van der Waals surface area contributed by atoms with Crippen LogP contribution in [0.2, 0.25) is 0 Å². The second-order valence-corrected chi connectivity index (χ2v) is 9.04. The van der Waals surface area contributed by atoms with Crippen molar-refractivity contribution in [2.24, 2.45) is 11.3 Å². The molecule has 5 atom stereocenters. The van der Waals surface area contributed by atoms with Gasteiger partial charge >= 0.3 is 0 Å². The molecule has 1 aliphatic heterocycles. The SMILES string of the molecule is C[C@@H]1CN[C@@H]2[C@@]3(CCC[C@@H]3O)CCC[C@]12Sc1ccccc1. The highest BCUT2D eigenvalue weighted by Crippen LogP contribution is 2.61. The first-order valence-corrected chi connectivity index (χ1v) is 9.65. The Labute approximate surface area is 138 Å². The van der Waals surface area contributed by atoms with Gasteiger partial charge in [-0.25, -0.2) is 0 Å². The maximum Gasteiger partial charge on any atom is 0.0611 e. The summed E-state index contributed by atoms with van der Waals surface area (Å²) in [6.07, 6.45) is 7.04. The van der Waals surface area contributed by atoms with E-state index in [0.717, 1.165) is 13.0 Å². The molecular weight excluding hydrogens is 290 g/mol. The first kappa shape index (κ1) is 15.0.